The van der Waals surface area contributed by atoms with Crippen LogP contribution in [0.4, 0.5) is 0 Å². The number of benzene rings is 2. The van der Waals surface area contributed by atoms with Gasteiger partial charge in [0.25, 0.3) is 0 Å². The van der Waals surface area contributed by atoms with Gasteiger partial charge in [-0.15, -0.1) is 22.8 Å². The highest BCUT2D eigenvalue weighted by Crippen LogP contribution is 2.23. The molecule has 0 aliphatic carbocycles. The predicted octanol–water partition coefficient (Wildman–Crippen LogP) is 3.50. The number of nitrogens with one attached hydrogen (secondary N) is 1. The van der Waals surface area contributed by atoms with Crippen LogP contribution in [0.5, 0.6) is 0 Å². The van der Waals surface area contributed by atoms with Crippen LogP contribution in [0.25, 0.3) is 0 Å². The van der Waals surface area contributed by atoms with E-state index >= 15 is 0 Å². The Morgan fingerprint density at radius 3 is 2.41 bits per heavy atom. The van der Waals surface area contributed by atoms with Gasteiger partial charge in [-0.2, -0.15) is 0 Å². The van der Waals surface area contributed by atoms with Crippen LogP contribution in [0.2, 0.25) is 5.02 Å². The van der Waals surface area contributed by atoms with E-state index in [1.807, 2.05) is 37.3 Å². The second-order valence-corrected chi connectivity index (χ2v) is 8.47. The molecule has 27 heavy (non-hydrogen) atoms. The summed E-state index contributed by atoms with van der Waals surface area (Å²) in [6.45, 7) is 2.51. The number of hydrogen-bond donors (Lipinski definition) is 2. The molecule has 3 aromatic rings. The van der Waals surface area contributed by atoms with Gasteiger partial charge in [0.2, 0.25) is 10.0 Å². The van der Waals surface area contributed by atoms with Gasteiger partial charge < -0.3 is 4.57 Å². The van der Waals surface area contributed by atoms with Crippen LogP contribution < -0.4 is 4.72 Å². The molecule has 1 N–H and O–H groups in total. The predicted molar refractivity (Wildman–Crippen MR) is 108 cm³/mol. The van der Waals surface area contributed by atoms with Gasteiger partial charge >= 0.3 is 0 Å². The van der Waals surface area contributed by atoms with Crippen molar-refractivity contribution in [2.24, 2.45) is 0 Å². The van der Waals surface area contributed by atoms with E-state index < -0.39 is 16.1 Å². The summed E-state index contributed by atoms with van der Waals surface area (Å²) in [7, 11) is -3.77. The van der Waals surface area contributed by atoms with Crippen LogP contribution in [0.1, 0.15) is 24.4 Å². The molecule has 0 bridgehead atoms. The summed E-state index contributed by atoms with van der Waals surface area (Å²) in [6, 6.07) is 15.1. The number of thiol groups is 1. The number of nitrogens with zero attached hydrogens (tertiary/aromatic N) is 3. The maximum absolute atomic E-state index is 12.9. The summed E-state index contributed by atoms with van der Waals surface area (Å²) in [5.74, 6) is 0.517. The summed E-state index contributed by atoms with van der Waals surface area (Å²) in [6.07, 6.45) is 0.430. The highest BCUT2D eigenvalue weighted by Gasteiger charge is 2.26. The molecule has 0 saturated heterocycles. The number of halogens is 1. The highest BCUT2D eigenvalue weighted by atomic mass is 35.5. The van der Waals surface area contributed by atoms with E-state index in [1.165, 1.54) is 12.1 Å². The molecule has 1 atom stereocenters. The van der Waals surface area contributed by atoms with E-state index in [0.717, 1.165) is 5.56 Å². The van der Waals surface area contributed by atoms with Crippen molar-refractivity contribution in [2.45, 2.75) is 36.0 Å². The van der Waals surface area contributed by atoms with E-state index in [9.17, 15) is 8.42 Å². The van der Waals surface area contributed by atoms with Crippen molar-refractivity contribution in [1.82, 2.24) is 19.5 Å². The standard InChI is InChI=1S/C18H19ClN4O2S2/c1-2-23-17(20-21-18(23)26)16(12-13-6-4-3-5-7-13)22-27(24,25)15-10-8-14(19)9-11-15/h3-11,16,22H,2,12H2,1H3,(H,21,26)/t16-/m0/s1. The van der Waals surface area contributed by atoms with E-state index in [4.69, 9.17) is 11.6 Å². The first-order valence-corrected chi connectivity index (χ1v) is 10.7. The first-order chi connectivity index (χ1) is 12.9. The summed E-state index contributed by atoms with van der Waals surface area (Å²) in [5.41, 5.74) is 0.979. The molecule has 3 rings (SSSR count). The molecule has 0 aliphatic rings. The minimum Gasteiger partial charge on any atom is -0.305 e. The topological polar surface area (TPSA) is 76.9 Å². The van der Waals surface area contributed by atoms with Crippen molar-refractivity contribution in [1.29, 1.82) is 0 Å². The van der Waals surface area contributed by atoms with Gasteiger partial charge in [0, 0.05) is 11.6 Å². The van der Waals surface area contributed by atoms with E-state index in [1.54, 1.807) is 16.7 Å². The fraction of sp³-hybridized carbons (Fsp3) is 0.222. The van der Waals surface area contributed by atoms with Crippen LogP contribution in [0.3, 0.4) is 0 Å². The molecule has 0 radical (unpaired) electrons. The minimum absolute atomic E-state index is 0.138. The molecule has 0 unspecified atom stereocenters. The molecular weight excluding hydrogens is 404 g/mol. The third-order valence-corrected chi connectivity index (χ3v) is 6.16. The molecule has 6 nitrogen and oxygen atoms in total. The molecule has 0 saturated carbocycles. The van der Waals surface area contributed by atoms with Crippen LogP contribution >= 0.6 is 24.2 Å². The van der Waals surface area contributed by atoms with Crippen molar-refractivity contribution < 1.29 is 8.42 Å². The van der Waals surface area contributed by atoms with Crippen molar-refractivity contribution >= 4 is 34.3 Å². The molecule has 0 spiro atoms. The summed E-state index contributed by atoms with van der Waals surface area (Å²) in [5, 5.41) is 9.07. The maximum atomic E-state index is 12.9. The minimum atomic E-state index is -3.77. The molecule has 9 heteroatoms. The first-order valence-electron chi connectivity index (χ1n) is 8.34. The van der Waals surface area contributed by atoms with Gasteiger partial charge in [-0.25, -0.2) is 13.1 Å². The number of hydrogen-bond acceptors (Lipinski definition) is 5. The van der Waals surface area contributed by atoms with Crippen LogP contribution in [0.15, 0.2) is 64.6 Å². The molecule has 142 valence electrons. The Hall–Kier alpha value is -1.87. The first kappa shape index (κ1) is 19.9. The lowest BCUT2D eigenvalue weighted by Crippen LogP contribution is -2.32. The molecule has 0 aliphatic heterocycles. The Balaban J connectivity index is 1.97. The van der Waals surface area contributed by atoms with E-state index in [2.05, 4.69) is 27.5 Å². The van der Waals surface area contributed by atoms with Crippen molar-refractivity contribution in [2.75, 3.05) is 0 Å². The van der Waals surface area contributed by atoms with Crippen LogP contribution in [0, 0.1) is 0 Å². The van der Waals surface area contributed by atoms with Gasteiger partial charge in [0.05, 0.1) is 10.9 Å². The Morgan fingerprint density at radius 1 is 1.11 bits per heavy atom. The van der Waals surface area contributed by atoms with Gasteiger partial charge in [0.1, 0.15) is 0 Å². The van der Waals surface area contributed by atoms with Gasteiger partial charge in [0.15, 0.2) is 11.0 Å². The zero-order chi connectivity index (χ0) is 19.4. The van der Waals surface area contributed by atoms with Crippen molar-refractivity contribution in [3.8, 4) is 0 Å². The maximum Gasteiger partial charge on any atom is 0.241 e. The zero-order valence-electron chi connectivity index (χ0n) is 14.6. The molecule has 1 heterocycles. The average molecular weight is 423 g/mol. The summed E-state index contributed by atoms with van der Waals surface area (Å²) < 4.78 is 30.3. The zero-order valence-corrected chi connectivity index (χ0v) is 17.0. The largest absolute Gasteiger partial charge is 0.305 e. The smallest absolute Gasteiger partial charge is 0.241 e. The fourth-order valence-corrected chi connectivity index (χ4v) is 4.38. The lowest BCUT2D eigenvalue weighted by atomic mass is 10.1. The second kappa shape index (κ2) is 8.43. The molecule has 2 aromatic carbocycles. The monoisotopic (exact) mass is 422 g/mol. The van der Waals surface area contributed by atoms with Crippen LogP contribution in [-0.2, 0) is 23.0 Å². The SMILES string of the molecule is CCn1c(S)nnc1[C@H](Cc1ccccc1)NS(=O)(=O)c1ccc(Cl)cc1. The second-order valence-electron chi connectivity index (χ2n) is 5.92. The Morgan fingerprint density at radius 2 is 1.78 bits per heavy atom. The number of aromatic nitrogens is 3. The normalized spacial score (nSPS) is 12.9. The lowest BCUT2D eigenvalue weighted by molar-refractivity contribution is 0.518. The van der Waals surface area contributed by atoms with Gasteiger partial charge in [-0.05, 0) is 43.2 Å². The molecule has 0 amide bonds. The van der Waals surface area contributed by atoms with Crippen LogP contribution in [-0.4, -0.2) is 23.2 Å². The van der Waals surface area contributed by atoms with Gasteiger partial charge in [-0.3, -0.25) is 0 Å². The van der Waals surface area contributed by atoms with Crippen molar-refractivity contribution in [3.63, 3.8) is 0 Å². The highest BCUT2D eigenvalue weighted by molar-refractivity contribution is 7.89. The summed E-state index contributed by atoms with van der Waals surface area (Å²) >= 11 is 10.2. The molecule has 0 fully saturated rings. The lowest BCUT2D eigenvalue weighted by Gasteiger charge is -2.19. The Labute approximate surface area is 169 Å². The van der Waals surface area contributed by atoms with Gasteiger partial charge in [-0.1, -0.05) is 41.9 Å². The average Bonchev–Trinajstić information content (AvgIpc) is 3.03. The summed E-state index contributed by atoms with van der Waals surface area (Å²) in [4.78, 5) is 0.138. The number of rotatable bonds is 7. The fourth-order valence-electron chi connectivity index (χ4n) is 2.77. The van der Waals surface area contributed by atoms with E-state index in [0.29, 0.717) is 29.0 Å². The third kappa shape index (κ3) is 4.70. The Bertz CT molecular complexity index is 1010. The molecule has 1 aromatic heterocycles. The quantitative estimate of drug-likeness (QED) is 0.571. The number of sulfonamides is 1. The molecular formula is C18H19ClN4O2S2. The van der Waals surface area contributed by atoms with E-state index in [-0.39, 0.29) is 4.90 Å². The van der Waals surface area contributed by atoms with Crippen molar-refractivity contribution in [3.05, 3.63) is 71.0 Å². The Kier molecular flexibility index (Phi) is 6.21. The third-order valence-electron chi connectivity index (χ3n) is 4.09.